The van der Waals surface area contributed by atoms with Gasteiger partial charge in [-0.15, -0.1) is 0 Å². The first-order valence-electron chi connectivity index (χ1n) is 14.6. The molecule has 2 heterocycles. The summed E-state index contributed by atoms with van der Waals surface area (Å²) in [5, 5.41) is 10.2. The number of hydrogen-bond donors (Lipinski definition) is 1. The maximum atomic E-state index is 13.9. The van der Waals surface area contributed by atoms with Crippen LogP contribution < -0.4 is 4.74 Å². The van der Waals surface area contributed by atoms with E-state index in [0.29, 0.717) is 29.0 Å². The molecule has 1 fully saturated rings. The number of benzene rings is 4. The SMILES string of the molecule is O=C(c1ccccc1)c1cnc2c(C(F)(F)F)cccc2c1-c1cccc(OCc2cccc(CN3CCCC(O)C3)c2)c1. The van der Waals surface area contributed by atoms with Crippen molar-refractivity contribution in [1.29, 1.82) is 0 Å². The van der Waals surface area contributed by atoms with Crippen LogP contribution in [0.3, 0.4) is 0 Å². The lowest BCUT2D eigenvalue weighted by atomic mass is 9.91. The molecule has 1 N–H and O–H groups in total. The molecule has 1 saturated heterocycles. The second-order valence-electron chi connectivity index (χ2n) is 11.1. The predicted molar refractivity (Wildman–Crippen MR) is 163 cm³/mol. The van der Waals surface area contributed by atoms with E-state index in [1.807, 2.05) is 12.1 Å². The molecule has 0 radical (unpaired) electrons. The van der Waals surface area contributed by atoms with Crippen molar-refractivity contribution in [3.05, 3.63) is 131 Å². The minimum Gasteiger partial charge on any atom is -0.489 e. The molecule has 44 heavy (non-hydrogen) atoms. The summed E-state index contributed by atoms with van der Waals surface area (Å²) < 4.78 is 48.0. The van der Waals surface area contributed by atoms with Crippen molar-refractivity contribution >= 4 is 16.7 Å². The lowest BCUT2D eigenvalue weighted by Gasteiger charge is -2.30. The van der Waals surface area contributed by atoms with Gasteiger partial charge in [-0.2, -0.15) is 13.2 Å². The lowest BCUT2D eigenvalue weighted by Crippen LogP contribution is -2.37. The Hall–Kier alpha value is -4.53. The third kappa shape index (κ3) is 6.51. The molecular weight excluding hydrogens is 565 g/mol. The fourth-order valence-corrected chi connectivity index (χ4v) is 5.84. The number of rotatable bonds is 8. The number of hydrogen-bond acceptors (Lipinski definition) is 5. The quantitative estimate of drug-likeness (QED) is 0.186. The van der Waals surface area contributed by atoms with Gasteiger partial charge >= 0.3 is 6.18 Å². The average Bonchev–Trinajstić information content (AvgIpc) is 3.03. The first-order valence-corrected chi connectivity index (χ1v) is 14.6. The Kier molecular flexibility index (Phi) is 8.46. The van der Waals surface area contributed by atoms with E-state index in [-0.39, 0.29) is 35.0 Å². The Balaban J connectivity index is 1.32. The third-order valence-electron chi connectivity index (χ3n) is 7.89. The summed E-state index contributed by atoms with van der Waals surface area (Å²) in [6.07, 6.45) is -1.85. The van der Waals surface area contributed by atoms with Gasteiger partial charge in [0.15, 0.2) is 5.78 Å². The largest absolute Gasteiger partial charge is 0.489 e. The molecule has 224 valence electrons. The highest BCUT2D eigenvalue weighted by Gasteiger charge is 2.34. The van der Waals surface area contributed by atoms with Gasteiger partial charge in [0, 0.05) is 41.4 Å². The zero-order valence-electron chi connectivity index (χ0n) is 23.9. The van der Waals surface area contributed by atoms with Crippen LogP contribution in [0.1, 0.15) is 45.5 Å². The Bertz CT molecular complexity index is 1790. The standard InChI is InChI=1S/C36H31F3N2O3/c37-36(38,39)32-16-6-15-30-33(31(20-40-34(30)32)35(43)26-10-2-1-3-11-26)27-12-5-14-29(19-27)44-23-25-9-4-8-24(18-25)21-41-17-7-13-28(42)22-41/h1-6,8-12,14-16,18-20,28,42H,7,13,17,21-23H2. The van der Waals surface area contributed by atoms with E-state index in [9.17, 15) is 23.1 Å². The molecule has 0 aliphatic carbocycles. The van der Waals surface area contributed by atoms with Crippen LogP contribution in [-0.4, -0.2) is 40.0 Å². The number of fused-ring (bicyclic) bond motifs is 1. The summed E-state index contributed by atoms with van der Waals surface area (Å²) >= 11 is 0. The van der Waals surface area contributed by atoms with Gasteiger partial charge in [-0.1, -0.05) is 78.9 Å². The number of pyridine rings is 1. The molecule has 1 aliphatic rings. The van der Waals surface area contributed by atoms with E-state index >= 15 is 0 Å². The van der Waals surface area contributed by atoms with Crippen LogP contribution in [0.25, 0.3) is 22.0 Å². The summed E-state index contributed by atoms with van der Waals surface area (Å²) in [7, 11) is 0. The van der Waals surface area contributed by atoms with E-state index in [0.717, 1.165) is 43.1 Å². The summed E-state index contributed by atoms with van der Waals surface area (Å²) in [5.74, 6) is 0.180. The molecule has 1 atom stereocenters. The van der Waals surface area contributed by atoms with Crippen LogP contribution in [0.2, 0.25) is 0 Å². The van der Waals surface area contributed by atoms with Gasteiger partial charge < -0.3 is 9.84 Å². The van der Waals surface area contributed by atoms with Crippen molar-refractivity contribution < 1.29 is 27.8 Å². The smallest absolute Gasteiger partial charge is 0.418 e. The lowest BCUT2D eigenvalue weighted by molar-refractivity contribution is -0.136. The normalized spacial score (nSPS) is 15.8. The second-order valence-corrected chi connectivity index (χ2v) is 11.1. The number of aliphatic hydroxyl groups excluding tert-OH is 1. The van der Waals surface area contributed by atoms with E-state index in [2.05, 4.69) is 22.0 Å². The molecule has 0 bridgehead atoms. The van der Waals surface area contributed by atoms with Gasteiger partial charge in [0.25, 0.3) is 0 Å². The number of ketones is 1. The number of β-amino-alcohol motifs (C(OH)–C–C–N with tert-alkyl or cyclic N) is 1. The molecule has 1 aromatic heterocycles. The van der Waals surface area contributed by atoms with Gasteiger partial charge in [-0.05, 0) is 54.3 Å². The van der Waals surface area contributed by atoms with E-state index in [4.69, 9.17) is 4.74 Å². The number of piperidine rings is 1. The fourth-order valence-electron chi connectivity index (χ4n) is 5.84. The van der Waals surface area contributed by atoms with Crippen molar-refractivity contribution in [3.63, 3.8) is 0 Å². The van der Waals surface area contributed by atoms with E-state index in [1.54, 1.807) is 60.7 Å². The van der Waals surface area contributed by atoms with Crippen molar-refractivity contribution in [2.24, 2.45) is 0 Å². The molecule has 8 heteroatoms. The summed E-state index contributed by atoms with van der Waals surface area (Å²) in [4.78, 5) is 20.0. The Morgan fingerprint density at radius 3 is 2.50 bits per heavy atom. The van der Waals surface area contributed by atoms with Crippen molar-refractivity contribution in [1.82, 2.24) is 9.88 Å². The van der Waals surface area contributed by atoms with Gasteiger partial charge in [-0.25, -0.2) is 0 Å². The number of nitrogens with zero attached hydrogens (tertiary/aromatic N) is 2. The predicted octanol–water partition coefficient (Wildman–Crippen LogP) is 7.69. The first-order chi connectivity index (χ1) is 21.3. The zero-order chi connectivity index (χ0) is 30.7. The van der Waals surface area contributed by atoms with E-state index in [1.165, 1.54) is 12.3 Å². The Morgan fingerprint density at radius 2 is 1.70 bits per heavy atom. The monoisotopic (exact) mass is 596 g/mol. The van der Waals surface area contributed by atoms with E-state index < -0.39 is 11.7 Å². The van der Waals surface area contributed by atoms with Crippen LogP contribution >= 0.6 is 0 Å². The number of para-hydroxylation sites is 1. The number of halogens is 3. The Morgan fingerprint density at radius 1 is 0.932 bits per heavy atom. The van der Waals surface area contributed by atoms with Crippen molar-refractivity contribution in [3.8, 4) is 16.9 Å². The number of aliphatic hydroxyl groups is 1. The third-order valence-corrected chi connectivity index (χ3v) is 7.89. The number of ether oxygens (including phenoxy) is 1. The summed E-state index contributed by atoms with van der Waals surface area (Å²) in [5.41, 5.74) is 2.54. The van der Waals surface area contributed by atoms with Crippen molar-refractivity contribution in [2.75, 3.05) is 13.1 Å². The number of carbonyl (C=O) groups excluding carboxylic acids is 1. The Labute approximate surface area is 253 Å². The molecule has 0 saturated carbocycles. The molecule has 6 rings (SSSR count). The number of carbonyl (C=O) groups is 1. The topological polar surface area (TPSA) is 62.7 Å². The summed E-state index contributed by atoms with van der Waals surface area (Å²) in [6, 6.07) is 27.7. The molecule has 1 unspecified atom stereocenters. The number of alkyl halides is 3. The molecule has 5 nitrogen and oxygen atoms in total. The minimum absolute atomic E-state index is 0.204. The first kappa shape index (κ1) is 29.5. The molecule has 4 aromatic carbocycles. The molecule has 0 spiro atoms. The molecular formula is C36H31F3N2O3. The average molecular weight is 597 g/mol. The van der Waals surface area contributed by atoms with Gasteiger partial charge in [0.1, 0.15) is 12.4 Å². The van der Waals surface area contributed by atoms with Crippen LogP contribution in [0.15, 0.2) is 103 Å². The van der Waals surface area contributed by atoms with Crippen LogP contribution in [0, 0.1) is 0 Å². The second kappa shape index (κ2) is 12.6. The highest BCUT2D eigenvalue weighted by molar-refractivity contribution is 6.16. The highest BCUT2D eigenvalue weighted by Crippen LogP contribution is 2.39. The van der Waals surface area contributed by atoms with Crippen LogP contribution in [0.5, 0.6) is 5.75 Å². The van der Waals surface area contributed by atoms with Crippen LogP contribution in [0.4, 0.5) is 13.2 Å². The highest BCUT2D eigenvalue weighted by atomic mass is 19.4. The van der Waals surface area contributed by atoms with Gasteiger partial charge in [-0.3, -0.25) is 14.7 Å². The van der Waals surface area contributed by atoms with Crippen molar-refractivity contribution in [2.45, 2.75) is 38.3 Å². The maximum Gasteiger partial charge on any atom is 0.418 e. The van der Waals surface area contributed by atoms with Crippen LogP contribution in [-0.2, 0) is 19.3 Å². The van der Waals surface area contributed by atoms with Gasteiger partial charge in [0.05, 0.1) is 17.2 Å². The summed E-state index contributed by atoms with van der Waals surface area (Å²) in [6.45, 7) is 2.64. The minimum atomic E-state index is -4.61. The number of aromatic nitrogens is 1. The van der Waals surface area contributed by atoms with Gasteiger partial charge in [0.2, 0.25) is 0 Å². The zero-order valence-corrected chi connectivity index (χ0v) is 23.9. The maximum absolute atomic E-state index is 13.9. The number of likely N-dealkylation sites (tertiary alicyclic amines) is 1. The molecule has 5 aromatic rings. The molecule has 0 amide bonds. The molecule has 1 aliphatic heterocycles. The fraction of sp³-hybridized carbons (Fsp3) is 0.222.